The smallest absolute Gasteiger partial charge is 0.328 e. The average Bonchev–Trinajstić information content (AvgIpc) is 2.59. The second kappa shape index (κ2) is 7.64. The van der Waals surface area contributed by atoms with Gasteiger partial charge in [0.05, 0.1) is 14.2 Å². The third-order valence-electron chi connectivity index (χ3n) is 3.77. The van der Waals surface area contributed by atoms with E-state index in [-0.39, 0.29) is 11.9 Å². The van der Waals surface area contributed by atoms with E-state index in [1.165, 1.54) is 13.2 Å². The summed E-state index contributed by atoms with van der Waals surface area (Å²) in [4.78, 5) is 25.7. The molecule has 2 rings (SSSR count). The van der Waals surface area contributed by atoms with Crippen LogP contribution >= 0.6 is 0 Å². The lowest BCUT2D eigenvalue weighted by atomic mass is 10.0. The molecule has 1 unspecified atom stereocenters. The quantitative estimate of drug-likeness (QED) is 0.632. The second-order valence-electron chi connectivity index (χ2n) is 5.18. The van der Waals surface area contributed by atoms with Crippen molar-refractivity contribution in [2.75, 3.05) is 20.8 Å². The first kappa shape index (κ1) is 16.1. The van der Waals surface area contributed by atoms with Crippen LogP contribution in [0.15, 0.2) is 30.3 Å². The summed E-state index contributed by atoms with van der Waals surface area (Å²) in [6, 6.07) is 6.97. The molecule has 1 atom stereocenters. The van der Waals surface area contributed by atoms with E-state index in [1.54, 1.807) is 18.1 Å². The Morgan fingerprint density at radius 3 is 2.82 bits per heavy atom. The number of piperidine rings is 1. The van der Waals surface area contributed by atoms with Crippen LogP contribution in [0.4, 0.5) is 0 Å². The summed E-state index contributed by atoms with van der Waals surface area (Å²) in [5.74, 6) is 0.223. The predicted molar refractivity (Wildman–Crippen MR) is 83.4 cm³/mol. The van der Waals surface area contributed by atoms with E-state index in [2.05, 4.69) is 0 Å². The summed E-state index contributed by atoms with van der Waals surface area (Å²) >= 11 is 0. The van der Waals surface area contributed by atoms with E-state index >= 15 is 0 Å². The Bertz CT molecular complexity index is 568. The minimum Gasteiger partial charge on any atom is -0.497 e. The van der Waals surface area contributed by atoms with Gasteiger partial charge in [-0.3, -0.25) is 4.79 Å². The number of likely N-dealkylation sites (tertiary alicyclic amines) is 1. The molecule has 1 saturated heterocycles. The highest BCUT2D eigenvalue weighted by Crippen LogP contribution is 2.19. The Hall–Kier alpha value is -2.30. The zero-order valence-corrected chi connectivity index (χ0v) is 13.0. The molecular formula is C17H21NO4. The van der Waals surface area contributed by atoms with Gasteiger partial charge in [0.25, 0.3) is 0 Å². The van der Waals surface area contributed by atoms with Crippen LogP contribution in [-0.4, -0.2) is 43.6 Å². The lowest BCUT2D eigenvalue weighted by Gasteiger charge is -2.32. The Balaban J connectivity index is 2.08. The van der Waals surface area contributed by atoms with Crippen molar-refractivity contribution in [1.82, 2.24) is 4.90 Å². The maximum Gasteiger partial charge on any atom is 0.328 e. The molecule has 5 nitrogen and oxygen atoms in total. The number of carbonyl (C=O) groups excluding carboxylic acids is 2. The van der Waals surface area contributed by atoms with Gasteiger partial charge in [0.2, 0.25) is 5.91 Å². The summed E-state index contributed by atoms with van der Waals surface area (Å²) in [6.45, 7) is 0.584. The topological polar surface area (TPSA) is 55.8 Å². The number of hydrogen-bond donors (Lipinski definition) is 0. The molecule has 1 heterocycles. The number of hydrogen-bond acceptors (Lipinski definition) is 4. The van der Waals surface area contributed by atoms with E-state index in [1.807, 2.05) is 24.3 Å². The van der Waals surface area contributed by atoms with Crippen LogP contribution in [0.3, 0.4) is 0 Å². The van der Waals surface area contributed by atoms with Gasteiger partial charge in [0, 0.05) is 12.6 Å². The van der Waals surface area contributed by atoms with Gasteiger partial charge in [-0.15, -0.1) is 0 Å². The van der Waals surface area contributed by atoms with E-state index in [0.717, 1.165) is 24.2 Å². The minimum absolute atomic E-state index is 0.169. The number of amides is 1. The molecule has 0 aliphatic carbocycles. The number of ether oxygens (including phenoxy) is 2. The normalized spacial score (nSPS) is 18.3. The molecule has 118 valence electrons. The van der Waals surface area contributed by atoms with Crippen molar-refractivity contribution in [3.63, 3.8) is 0 Å². The first-order chi connectivity index (χ1) is 10.7. The van der Waals surface area contributed by atoms with E-state index < -0.39 is 6.04 Å². The van der Waals surface area contributed by atoms with Crippen molar-refractivity contribution in [2.45, 2.75) is 25.3 Å². The standard InChI is InChI=1S/C17H21NO4/c1-21-14-7-5-6-13(12-14)9-10-16(19)18-11-4-3-8-15(18)17(20)22-2/h5-7,9-10,12,15H,3-4,8,11H2,1-2H3/b10-9+. The van der Waals surface area contributed by atoms with Crippen LogP contribution in [-0.2, 0) is 14.3 Å². The molecule has 1 aliphatic rings. The van der Waals surface area contributed by atoms with E-state index in [9.17, 15) is 9.59 Å². The van der Waals surface area contributed by atoms with Gasteiger partial charge in [-0.25, -0.2) is 4.79 Å². The summed E-state index contributed by atoms with van der Waals surface area (Å²) in [5.41, 5.74) is 0.874. The third-order valence-corrected chi connectivity index (χ3v) is 3.77. The van der Waals surface area contributed by atoms with Crippen LogP contribution in [0.5, 0.6) is 5.75 Å². The van der Waals surface area contributed by atoms with Crippen LogP contribution in [0.1, 0.15) is 24.8 Å². The molecule has 0 bridgehead atoms. The summed E-state index contributed by atoms with van der Waals surface area (Å²) in [5, 5.41) is 0. The molecule has 0 saturated carbocycles. The first-order valence-electron chi connectivity index (χ1n) is 7.36. The first-order valence-corrected chi connectivity index (χ1v) is 7.36. The number of rotatable bonds is 4. The van der Waals surface area contributed by atoms with Crippen molar-refractivity contribution in [3.05, 3.63) is 35.9 Å². The molecule has 0 spiro atoms. The number of nitrogens with zero attached hydrogens (tertiary/aromatic N) is 1. The monoisotopic (exact) mass is 303 g/mol. The molecule has 22 heavy (non-hydrogen) atoms. The highest BCUT2D eigenvalue weighted by atomic mass is 16.5. The van der Waals surface area contributed by atoms with Crippen molar-refractivity contribution in [2.24, 2.45) is 0 Å². The lowest BCUT2D eigenvalue weighted by molar-refractivity contribution is -0.153. The molecular weight excluding hydrogens is 282 g/mol. The second-order valence-corrected chi connectivity index (χ2v) is 5.18. The third kappa shape index (κ3) is 3.87. The van der Waals surface area contributed by atoms with Crippen molar-refractivity contribution >= 4 is 18.0 Å². The number of methoxy groups -OCH3 is 2. The van der Waals surface area contributed by atoms with Gasteiger partial charge in [-0.05, 0) is 43.0 Å². The summed E-state index contributed by atoms with van der Waals surface area (Å²) < 4.78 is 9.94. The molecule has 1 aromatic carbocycles. The molecule has 1 fully saturated rings. The minimum atomic E-state index is -0.471. The van der Waals surface area contributed by atoms with Gasteiger partial charge >= 0.3 is 5.97 Å². The Kier molecular flexibility index (Phi) is 5.58. The van der Waals surface area contributed by atoms with Crippen LogP contribution in [0.2, 0.25) is 0 Å². The van der Waals surface area contributed by atoms with Crippen LogP contribution in [0, 0.1) is 0 Å². The highest BCUT2D eigenvalue weighted by Gasteiger charge is 2.31. The van der Waals surface area contributed by atoms with Gasteiger partial charge in [-0.2, -0.15) is 0 Å². The van der Waals surface area contributed by atoms with E-state index in [4.69, 9.17) is 9.47 Å². The Morgan fingerprint density at radius 2 is 2.09 bits per heavy atom. The summed E-state index contributed by atoms with van der Waals surface area (Å²) in [6.07, 6.45) is 5.73. The zero-order chi connectivity index (χ0) is 15.9. The van der Waals surface area contributed by atoms with Gasteiger partial charge in [-0.1, -0.05) is 12.1 Å². The molecule has 0 radical (unpaired) electrons. The van der Waals surface area contributed by atoms with Crippen molar-refractivity contribution in [1.29, 1.82) is 0 Å². The molecule has 1 amide bonds. The number of benzene rings is 1. The number of esters is 1. The number of carbonyl (C=O) groups is 2. The average molecular weight is 303 g/mol. The van der Waals surface area contributed by atoms with Crippen molar-refractivity contribution in [3.8, 4) is 5.75 Å². The molecule has 5 heteroatoms. The van der Waals surface area contributed by atoms with Gasteiger partial charge in [0.15, 0.2) is 0 Å². The molecule has 0 aromatic heterocycles. The summed E-state index contributed by atoms with van der Waals surface area (Å²) in [7, 11) is 2.95. The molecule has 1 aliphatic heterocycles. The predicted octanol–water partition coefficient (Wildman–Crippen LogP) is 2.26. The lowest BCUT2D eigenvalue weighted by Crippen LogP contribution is -2.47. The van der Waals surface area contributed by atoms with Gasteiger partial charge in [0.1, 0.15) is 11.8 Å². The van der Waals surface area contributed by atoms with E-state index in [0.29, 0.717) is 13.0 Å². The fraction of sp³-hybridized carbons (Fsp3) is 0.412. The zero-order valence-electron chi connectivity index (χ0n) is 13.0. The largest absolute Gasteiger partial charge is 0.497 e. The maximum atomic E-state index is 12.4. The SMILES string of the molecule is COC(=O)C1CCCCN1C(=O)/C=C/c1cccc(OC)c1. The highest BCUT2D eigenvalue weighted by molar-refractivity contribution is 5.94. The van der Waals surface area contributed by atoms with Crippen LogP contribution < -0.4 is 4.74 Å². The van der Waals surface area contributed by atoms with Crippen LogP contribution in [0.25, 0.3) is 6.08 Å². The Morgan fingerprint density at radius 1 is 1.27 bits per heavy atom. The van der Waals surface area contributed by atoms with Crippen molar-refractivity contribution < 1.29 is 19.1 Å². The molecule has 0 N–H and O–H groups in total. The maximum absolute atomic E-state index is 12.4. The Labute approximate surface area is 130 Å². The van der Waals surface area contributed by atoms with Gasteiger partial charge < -0.3 is 14.4 Å². The fourth-order valence-corrected chi connectivity index (χ4v) is 2.58. The molecule has 1 aromatic rings. The fourth-order valence-electron chi connectivity index (χ4n) is 2.58.